The van der Waals surface area contributed by atoms with E-state index in [1.54, 1.807) is 18.3 Å². The molecule has 2 rings (SSSR count). The summed E-state index contributed by atoms with van der Waals surface area (Å²) in [4.78, 5) is 4.28. The lowest BCUT2D eigenvalue weighted by Gasteiger charge is -2.10. The molecule has 2 heterocycles. The van der Waals surface area contributed by atoms with Crippen LogP contribution in [0.25, 0.3) is 0 Å². The summed E-state index contributed by atoms with van der Waals surface area (Å²) in [5.41, 5.74) is 3.10. The molecule has 0 aliphatic carbocycles. The highest BCUT2D eigenvalue weighted by molar-refractivity contribution is 9.10. The number of pyridine rings is 1. The van der Waals surface area contributed by atoms with Gasteiger partial charge in [0.05, 0.1) is 13.2 Å². The molecule has 94 valence electrons. The second-order valence-corrected chi connectivity index (χ2v) is 4.69. The predicted octanol–water partition coefficient (Wildman–Crippen LogP) is 3.55. The van der Waals surface area contributed by atoms with Crippen LogP contribution in [0, 0.1) is 0 Å². The average molecular weight is 308 g/mol. The Hall–Kier alpha value is -1.39. The second kappa shape index (κ2) is 5.98. The first-order chi connectivity index (χ1) is 8.76. The van der Waals surface area contributed by atoms with Gasteiger partial charge in [-0.05, 0) is 21.5 Å². The molecular weight excluding hydrogens is 294 g/mol. The number of rotatable bonds is 5. The highest BCUT2D eigenvalue weighted by atomic mass is 79.9. The van der Waals surface area contributed by atoms with Gasteiger partial charge in [0.2, 0.25) is 5.88 Å². The topological polar surface area (TPSA) is 31.4 Å². The van der Waals surface area contributed by atoms with Crippen molar-refractivity contribution in [2.24, 2.45) is 0 Å². The Balaban J connectivity index is 2.16. The Morgan fingerprint density at radius 1 is 1.44 bits per heavy atom. The summed E-state index contributed by atoms with van der Waals surface area (Å²) in [5, 5.41) is 0. The molecule has 0 saturated carbocycles. The number of ether oxygens (including phenoxy) is 2. The van der Waals surface area contributed by atoms with Crippen molar-refractivity contribution in [2.75, 3.05) is 6.61 Å². The molecule has 0 saturated heterocycles. The third-order valence-electron chi connectivity index (χ3n) is 2.67. The Bertz CT molecular complexity index is 509. The van der Waals surface area contributed by atoms with Crippen LogP contribution in [0.1, 0.15) is 11.1 Å². The van der Waals surface area contributed by atoms with E-state index in [9.17, 15) is 0 Å². The fourth-order valence-electron chi connectivity index (χ4n) is 1.71. The Morgan fingerprint density at radius 2 is 2.22 bits per heavy atom. The molecule has 4 heteroatoms. The zero-order valence-corrected chi connectivity index (χ0v) is 11.6. The van der Waals surface area contributed by atoms with Crippen LogP contribution in [0.15, 0.2) is 47.6 Å². The lowest BCUT2D eigenvalue weighted by atomic mass is 10.2. The van der Waals surface area contributed by atoms with Crippen LogP contribution in [0.3, 0.4) is 0 Å². The fraction of sp³-hybridized carbons (Fsp3) is 0.214. The van der Waals surface area contributed by atoms with E-state index in [1.807, 2.05) is 6.08 Å². The van der Waals surface area contributed by atoms with E-state index in [1.165, 1.54) is 0 Å². The first-order valence-electron chi connectivity index (χ1n) is 5.57. The van der Waals surface area contributed by atoms with Gasteiger partial charge in [-0.15, -0.1) is 0 Å². The molecule has 3 nitrogen and oxygen atoms in total. The van der Waals surface area contributed by atoms with Crippen LogP contribution in [0.5, 0.6) is 5.88 Å². The molecular formula is C14H14BrNO2. The molecule has 1 aromatic rings. The molecule has 0 fully saturated rings. The van der Waals surface area contributed by atoms with E-state index in [2.05, 4.69) is 34.1 Å². The lowest BCUT2D eigenvalue weighted by Crippen LogP contribution is -2.04. The van der Waals surface area contributed by atoms with Gasteiger partial charge in [-0.25, -0.2) is 4.98 Å². The maximum atomic E-state index is 5.71. The lowest BCUT2D eigenvalue weighted by molar-refractivity contribution is 0.133. The molecule has 0 bridgehead atoms. The molecule has 1 aliphatic heterocycles. The van der Waals surface area contributed by atoms with Crippen LogP contribution >= 0.6 is 15.9 Å². The molecule has 0 unspecified atom stereocenters. The number of hydrogen-bond acceptors (Lipinski definition) is 3. The van der Waals surface area contributed by atoms with Gasteiger partial charge in [0.15, 0.2) is 0 Å². The van der Waals surface area contributed by atoms with Gasteiger partial charge in [-0.1, -0.05) is 31.4 Å². The van der Waals surface area contributed by atoms with Gasteiger partial charge < -0.3 is 9.47 Å². The van der Waals surface area contributed by atoms with Gasteiger partial charge in [0, 0.05) is 21.8 Å². The fourth-order valence-corrected chi connectivity index (χ4v) is 2.16. The quantitative estimate of drug-likeness (QED) is 0.780. The Labute approximate surface area is 115 Å². The van der Waals surface area contributed by atoms with Crippen molar-refractivity contribution in [1.82, 2.24) is 4.98 Å². The van der Waals surface area contributed by atoms with Crippen LogP contribution in [-0.2, 0) is 18.0 Å². The summed E-state index contributed by atoms with van der Waals surface area (Å²) >= 11 is 3.46. The summed E-state index contributed by atoms with van der Waals surface area (Å²) in [6.45, 7) is 8.96. The average Bonchev–Trinajstić information content (AvgIpc) is 2.86. The maximum absolute atomic E-state index is 5.71. The number of allylic oxidation sites excluding steroid dienone is 2. The third-order valence-corrected chi connectivity index (χ3v) is 3.35. The highest BCUT2D eigenvalue weighted by Crippen LogP contribution is 2.32. The molecule has 0 spiro atoms. The SMILES string of the molecule is C=C/C=C(\C=C)COc1ncc(Br)c2c1COC2. The zero-order chi connectivity index (χ0) is 13.0. The smallest absolute Gasteiger partial charge is 0.219 e. The summed E-state index contributed by atoms with van der Waals surface area (Å²) < 4.78 is 12.1. The summed E-state index contributed by atoms with van der Waals surface area (Å²) in [6.07, 6.45) is 7.07. The maximum Gasteiger partial charge on any atom is 0.219 e. The van der Waals surface area contributed by atoms with E-state index in [0.717, 1.165) is 21.2 Å². The molecule has 0 aromatic carbocycles. The first-order valence-corrected chi connectivity index (χ1v) is 6.36. The van der Waals surface area contributed by atoms with Gasteiger partial charge >= 0.3 is 0 Å². The second-order valence-electron chi connectivity index (χ2n) is 3.83. The van der Waals surface area contributed by atoms with Crippen molar-refractivity contribution in [1.29, 1.82) is 0 Å². The standard InChI is InChI=1S/C14H14BrNO2/c1-3-5-10(4-2)7-18-14-12-9-17-8-11(12)13(15)6-16-14/h3-6H,1-2,7-9H2/b10-5+. The van der Waals surface area contributed by atoms with Gasteiger partial charge in [-0.3, -0.25) is 0 Å². The van der Waals surface area contributed by atoms with Crippen LogP contribution in [0.2, 0.25) is 0 Å². The number of fused-ring (bicyclic) bond motifs is 1. The number of aromatic nitrogens is 1. The summed E-state index contributed by atoms with van der Waals surface area (Å²) in [5.74, 6) is 0.627. The largest absolute Gasteiger partial charge is 0.473 e. The summed E-state index contributed by atoms with van der Waals surface area (Å²) in [7, 11) is 0. The number of nitrogens with zero attached hydrogens (tertiary/aromatic N) is 1. The molecule has 0 atom stereocenters. The van der Waals surface area contributed by atoms with Gasteiger partial charge in [0.1, 0.15) is 6.61 Å². The summed E-state index contributed by atoms with van der Waals surface area (Å²) in [6, 6.07) is 0. The van der Waals surface area contributed by atoms with Gasteiger partial charge in [0.25, 0.3) is 0 Å². The van der Waals surface area contributed by atoms with E-state index < -0.39 is 0 Å². The predicted molar refractivity (Wildman–Crippen MR) is 74.4 cm³/mol. The Morgan fingerprint density at radius 3 is 2.94 bits per heavy atom. The van der Waals surface area contributed by atoms with Crippen LogP contribution in [0.4, 0.5) is 0 Å². The molecule has 18 heavy (non-hydrogen) atoms. The third kappa shape index (κ3) is 2.71. The van der Waals surface area contributed by atoms with Crippen LogP contribution in [-0.4, -0.2) is 11.6 Å². The van der Waals surface area contributed by atoms with Crippen molar-refractivity contribution < 1.29 is 9.47 Å². The van der Waals surface area contributed by atoms with Crippen molar-refractivity contribution in [3.63, 3.8) is 0 Å². The minimum absolute atomic E-state index is 0.427. The minimum Gasteiger partial charge on any atom is -0.473 e. The molecule has 0 radical (unpaired) electrons. The highest BCUT2D eigenvalue weighted by Gasteiger charge is 2.20. The first kappa shape index (κ1) is 13.1. The van der Waals surface area contributed by atoms with Crippen molar-refractivity contribution in [2.45, 2.75) is 13.2 Å². The monoisotopic (exact) mass is 307 g/mol. The van der Waals surface area contributed by atoms with Crippen molar-refractivity contribution >= 4 is 15.9 Å². The number of halogens is 1. The van der Waals surface area contributed by atoms with Crippen molar-refractivity contribution in [3.05, 3.63) is 58.8 Å². The van der Waals surface area contributed by atoms with E-state index in [0.29, 0.717) is 25.7 Å². The molecule has 1 aliphatic rings. The molecule has 0 amide bonds. The minimum atomic E-state index is 0.427. The molecule has 0 N–H and O–H groups in total. The Kier molecular flexibility index (Phi) is 4.33. The normalized spacial score (nSPS) is 14.2. The van der Waals surface area contributed by atoms with Crippen LogP contribution < -0.4 is 4.74 Å². The number of hydrogen-bond donors (Lipinski definition) is 0. The van der Waals surface area contributed by atoms with Gasteiger partial charge in [-0.2, -0.15) is 0 Å². The molecule has 1 aromatic heterocycles. The van der Waals surface area contributed by atoms with E-state index >= 15 is 0 Å². The van der Waals surface area contributed by atoms with E-state index in [4.69, 9.17) is 9.47 Å². The zero-order valence-electron chi connectivity index (χ0n) is 9.99. The van der Waals surface area contributed by atoms with E-state index in [-0.39, 0.29) is 0 Å². The van der Waals surface area contributed by atoms with Crippen molar-refractivity contribution in [3.8, 4) is 5.88 Å².